The van der Waals surface area contributed by atoms with Gasteiger partial charge in [-0.25, -0.2) is 4.98 Å². The highest BCUT2D eigenvalue weighted by Crippen LogP contribution is 2.25. The third kappa shape index (κ3) is 6.40. The van der Waals surface area contributed by atoms with Crippen LogP contribution >= 0.6 is 0 Å². The highest BCUT2D eigenvalue weighted by atomic mass is 16.5. The van der Waals surface area contributed by atoms with E-state index in [1.54, 1.807) is 13.8 Å². The fourth-order valence-electron chi connectivity index (χ4n) is 4.15. The molecule has 1 aliphatic heterocycles. The first-order valence-electron chi connectivity index (χ1n) is 12.7. The summed E-state index contributed by atoms with van der Waals surface area (Å²) in [5.41, 5.74) is 2.37. The van der Waals surface area contributed by atoms with Crippen molar-refractivity contribution in [3.63, 3.8) is 0 Å². The van der Waals surface area contributed by atoms with Gasteiger partial charge in [-0.1, -0.05) is 19.8 Å². The Bertz CT molecular complexity index is 1160. The van der Waals surface area contributed by atoms with E-state index >= 15 is 0 Å². The van der Waals surface area contributed by atoms with E-state index in [0.29, 0.717) is 31.2 Å². The van der Waals surface area contributed by atoms with Crippen LogP contribution in [0.5, 0.6) is 5.75 Å². The number of amides is 1. The lowest BCUT2D eigenvalue weighted by molar-refractivity contribution is -0.414. The predicted molar refractivity (Wildman–Crippen MR) is 135 cm³/mol. The van der Waals surface area contributed by atoms with Crippen molar-refractivity contribution >= 4 is 28.4 Å². The second-order valence-corrected chi connectivity index (χ2v) is 9.41. The molecule has 11 heteroatoms. The van der Waals surface area contributed by atoms with Crippen molar-refractivity contribution in [2.75, 3.05) is 57.9 Å². The quantitative estimate of drug-likeness (QED) is 0.351. The van der Waals surface area contributed by atoms with Gasteiger partial charge < -0.3 is 25.2 Å². The number of fused-ring (bicyclic) bond motifs is 3. The molecule has 1 aromatic carbocycles. The zero-order valence-corrected chi connectivity index (χ0v) is 21.3. The number of nitrogens with one attached hydrogen (secondary N) is 2. The molecule has 0 bridgehead atoms. The molecule has 0 saturated carbocycles. The van der Waals surface area contributed by atoms with Crippen LogP contribution in [0.25, 0.3) is 16.7 Å². The number of ether oxygens (including phenoxy) is 2. The molecule has 2 N–H and O–H groups in total. The lowest BCUT2D eigenvalue weighted by Gasteiger charge is -2.26. The fraction of sp³-hybridized carbons (Fsp3) is 0.600. The van der Waals surface area contributed by atoms with Crippen molar-refractivity contribution < 1.29 is 19.4 Å². The number of nitrogens with zero attached hydrogens (tertiary/aromatic N) is 5. The Labute approximate surface area is 211 Å². The molecule has 3 heterocycles. The van der Waals surface area contributed by atoms with Gasteiger partial charge in [0, 0.05) is 38.8 Å². The molecule has 3 aromatic rings. The molecule has 2 aromatic heterocycles. The van der Waals surface area contributed by atoms with Gasteiger partial charge in [-0.2, -0.15) is 0 Å². The minimum atomic E-state index is -1.22. The summed E-state index contributed by atoms with van der Waals surface area (Å²) < 4.78 is 13.4. The number of carbonyl (C=O) groups excluding carboxylic acids is 1. The van der Waals surface area contributed by atoms with Crippen LogP contribution in [0, 0.1) is 12.8 Å². The average Bonchev–Trinajstić information content (AvgIpc) is 3.27. The standard InChI is InChI=1S/C25H36N7O4/c1-17(2)22(33)25(34)27-9-5-4-8-26-23-24-30-29-18(3)32(24)21-7-6-19(16-20(21)28-23)36-15-12-31-10-13-35-14-11-31/h6-7,16-17,22H,4-5,8-15H2,1-3H3,(H,26,28)(H,27,34)/q-1. The van der Waals surface area contributed by atoms with Crippen molar-refractivity contribution in [3.8, 4) is 5.75 Å². The monoisotopic (exact) mass is 498 g/mol. The van der Waals surface area contributed by atoms with Crippen LogP contribution in [0.2, 0.25) is 0 Å². The molecule has 4 rings (SSSR count). The van der Waals surface area contributed by atoms with Crippen LogP contribution in [0.15, 0.2) is 18.2 Å². The predicted octanol–water partition coefficient (Wildman–Crippen LogP) is 0.990. The Morgan fingerprint density at radius 3 is 2.75 bits per heavy atom. The number of rotatable bonds is 12. The summed E-state index contributed by atoms with van der Waals surface area (Å²) in [4.78, 5) is 18.9. The molecule has 1 atom stereocenters. The van der Waals surface area contributed by atoms with E-state index < -0.39 is 12.0 Å². The summed E-state index contributed by atoms with van der Waals surface area (Å²) in [6.07, 6.45) is 0.331. The van der Waals surface area contributed by atoms with Gasteiger partial charge in [0.15, 0.2) is 5.82 Å². The maximum Gasteiger partial charge on any atom is 0.206 e. The summed E-state index contributed by atoms with van der Waals surface area (Å²) >= 11 is 0. The van der Waals surface area contributed by atoms with Crippen molar-refractivity contribution in [1.29, 1.82) is 0 Å². The Hall–Kier alpha value is -3.02. The maximum absolute atomic E-state index is 11.8. The summed E-state index contributed by atoms with van der Waals surface area (Å²) in [5, 5.41) is 26.4. The van der Waals surface area contributed by atoms with Crippen LogP contribution in [0.1, 0.15) is 32.5 Å². The molecule has 1 unspecified atom stereocenters. The maximum atomic E-state index is 11.8. The second kappa shape index (κ2) is 12.3. The number of hydrogen-bond acceptors (Lipinski definition) is 9. The molecule has 36 heavy (non-hydrogen) atoms. The zero-order chi connectivity index (χ0) is 25.5. The van der Waals surface area contributed by atoms with E-state index in [1.807, 2.05) is 29.5 Å². The second-order valence-electron chi connectivity index (χ2n) is 9.41. The Morgan fingerprint density at radius 1 is 1.19 bits per heavy atom. The summed E-state index contributed by atoms with van der Waals surface area (Å²) in [6, 6.07) is 5.89. The van der Waals surface area contributed by atoms with E-state index in [2.05, 4.69) is 25.7 Å². The molecule has 11 nitrogen and oxygen atoms in total. The first-order valence-corrected chi connectivity index (χ1v) is 12.7. The molecule has 1 saturated heterocycles. The largest absolute Gasteiger partial charge is 0.845 e. The van der Waals surface area contributed by atoms with E-state index in [0.717, 1.165) is 68.3 Å². The van der Waals surface area contributed by atoms with Gasteiger partial charge in [-0.15, -0.1) is 10.2 Å². The number of carbonyl (C=O) groups is 1. The first kappa shape index (κ1) is 26.1. The number of anilines is 1. The normalized spacial score (nSPS) is 15.5. The molecule has 0 radical (unpaired) electrons. The average molecular weight is 499 g/mol. The minimum Gasteiger partial charge on any atom is -0.845 e. The van der Waals surface area contributed by atoms with Crippen LogP contribution < -0.4 is 20.5 Å². The minimum absolute atomic E-state index is 0.213. The fourth-order valence-corrected chi connectivity index (χ4v) is 4.15. The lowest BCUT2D eigenvalue weighted by atomic mass is 10.1. The van der Waals surface area contributed by atoms with E-state index in [4.69, 9.17) is 14.5 Å². The van der Waals surface area contributed by atoms with Crippen molar-refractivity contribution in [1.82, 2.24) is 29.8 Å². The number of benzene rings is 1. The smallest absolute Gasteiger partial charge is 0.206 e. The number of morpholine rings is 1. The summed E-state index contributed by atoms with van der Waals surface area (Å²) in [7, 11) is 0. The lowest BCUT2D eigenvalue weighted by Crippen LogP contribution is -2.46. The van der Waals surface area contributed by atoms with E-state index in [1.165, 1.54) is 0 Å². The molecule has 0 aliphatic carbocycles. The summed E-state index contributed by atoms with van der Waals surface area (Å²) in [6.45, 7) is 11.4. The van der Waals surface area contributed by atoms with E-state index in [-0.39, 0.29) is 5.92 Å². The van der Waals surface area contributed by atoms with Crippen LogP contribution in [0.4, 0.5) is 5.82 Å². The van der Waals surface area contributed by atoms with Gasteiger partial charge in [0.25, 0.3) is 0 Å². The van der Waals surface area contributed by atoms with Crippen LogP contribution in [-0.4, -0.2) is 89.0 Å². The zero-order valence-electron chi connectivity index (χ0n) is 21.3. The van der Waals surface area contributed by atoms with Crippen LogP contribution in [-0.2, 0) is 9.53 Å². The molecular weight excluding hydrogens is 462 g/mol. The molecule has 1 fully saturated rings. The molecule has 196 valence electrons. The highest BCUT2D eigenvalue weighted by Gasteiger charge is 2.15. The SMILES string of the molecule is Cc1nnc2c(NCCCCNC(=O)C([O-])C(C)C)nc3cc(OCCN4CCOCC4)ccc3n12. The first-order chi connectivity index (χ1) is 17.4. The number of aromatic nitrogens is 4. The van der Waals surface area contributed by atoms with Crippen molar-refractivity contribution in [2.45, 2.75) is 39.7 Å². The number of unbranched alkanes of at least 4 members (excludes halogenated alkanes) is 1. The van der Waals surface area contributed by atoms with Gasteiger partial charge in [0.1, 0.15) is 18.2 Å². The molecular formula is C25H36N7O4-. The van der Waals surface area contributed by atoms with Gasteiger partial charge in [0.2, 0.25) is 11.6 Å². The molecule has 1 aliphatic rings. The Kier molecular flexibility index (Phi) is 8.89. The molecule has 1 amide bonds. The summed E-state index contributed by atoms with van der Waals surface area (Å²) in [5.74, 6) is 1.56. The number of aryl methyl sites for hydroxylation is 1. The van der Waals surface area contributed by atoms with Gasteiger partial charge in [0.05, 0.1) is 24.2 Å². The van der Waals surface area contributed by atoms with Gasteiger partial charge >= 0.3 is 0 Å². The highest BCUT2D eigenvalue weighted by molar-refractivity contribution is 5.84. The van der Waals surface area contributed by atoms with Gasteiger partial charge in [-0.3, -0.25) is 14.1 Å². The number of hydrogen-bond donors (Lipinski definition) is 2. The van der Waals surface area contributed by atoms with Gasteiger partial charge in [-0.05, 0) is 38.0 Å². The topological polar surface area (TPSA) is 129 Å². The van der Waals surface area contributed by atoms with Crippen LogP contribution in [0.3, 0.4) is 0 Å². The Morgan fingerprint density at radius 2 is 1.97 bits per heavy atom. The van der Waals surface area contributed by atoms with Crippen molar-refractivity contribution in [3.05, 3.63) is 24.0 Å². The van der Waals surface area contributed by atoms with Crippen molar-refractivity contribution in [2.24, 2.45) is 5.92 Å². The third-order valence-electron chi connectivity index (χ3n) is 6.30. The third-order valence-corrected chi connectivity index (χ3v) is 6.30. The Balaban J connectivity index is 1.36. The van der Waals surface area contributed by atoms with E-state index in [9.17, 15) is 9.90 Å². The molecule has 0 spiro atoms.